The lowest BCUT2D eigenvalue weighted by Crippen LogP contribution is -2.46. The third kappa shape index (κ3) is 5.47. The molecule has 3 nitrogen and oxygen atoms in total. The molecule has 0 spiro atoms. The van der Waals surface area contributed by atoms with Crippen molar-refractivity contribution in [1.82, 2.24) is 9.80 Å². The van der Waals surface area contributed by atoms with Crippen LogP contribution in [0.15, 0.2) is 48.5 Å². The van der Waals surface area contributed by atoms with Crippen LogP contribution in [0.3, 0.4) is 0 Å². The van der Waals surface area contributed by atoms with E-state index in [1.807, 2.05) is 24.3 Å². The van der Waals surface area contributed by atoms with Crippen LogP contribution in [0.2, 0.25) is 5.02 Å². The van der Waals surface area contributed by atoms with Gasteiger partial charge in [-0.3, -0.25) is 0 Å². The molecule has 1 atom stereocenters. The number of hydrogen-bond acceptors (Lipinski definition) is 3. The number of piperazine rings is 1. The van der Waals surface area contributed by atoms with E-state index < -0.39 is 0 Å². The van der Waals surface area contributed by atoms with Gasteiger partial charge < -0.3 is 14.5 Å². The number of benzene rings is 2. The summed E-state index contributed by atoms with van der Waals surface area (Å²) >= 11 is 5.91. The van der Waals surface area contributed by atoms with Crippen LogP contribution in [-0.2, 0) is 0 Å². The van der Waals surface area contributed by atoms with E-state index in [4.69, 9.17) is 16.3 Å². The second kappa shape index (κ2) is 9.40. The fraction of sp³-hybridized carbons (Fsp3) is 0.455. The SMILES string of the molecule is CCN1CCN(CCC(C)c2ccc(Oc3ccc(Cl)cc3)cc2)CC1. The Balaban J connectivity index is 1.47. The molecule has 0 aromatic heterocycles. The topological polar surface area (TPSA) is 15.7 Å². The van der Waals surface area contributed by atoms with E-state index >= 15 is 0 Å². The first-order valence-corrected chi connectivity index (χ1v) is 10.00. The van der Waals surface area contributed by atoms with Crippen LogP contribution in [0.25, 0.3) is 0 Å². The molecule has 1 fully saturated rings. The van der Waals surface area contributed by atoms with Gasteiger partial charge in [0.05, 0.1) is 0 Å². The lowest BCUT2D eigenvalue weighted by atomic mass is 9.97. The molecule has 0 saturated carbocycles. The van der Waals surface area contributed by atoms with Crippen molar-refractivity contribution in [2.75, 3.05) is 39.3 Å². The van der Waals surface area contributed by atoms with E-state index in [-0.39, 0.29) is 0 Å². The van der Waals surface area contributed by atoms with Crippen LogP contribution in [0, 0.1) is 0 Å². The maximum atomic E-state index is 5.91. The molecule has 2 aromatic rings. The van der Waals surface area contributed by atoms with Gasteiger partial charge in [0.25, 0.3) is 0 Å². The minimum Gasteiger partial charge on any atom is -0.457 e. The van der Waals surface area contributed by atoms with Gasteiger partial charge in [-0.2, -0.15) is 0 Å². The van der Waals surface area contributed by atoms with Crippen molar-refractivity contribution < 1.29 is 4.74 Å². The maximum Gasteiger partial charge on any atom is 0.127 e. The Morgan fingerprint density at radius 2 is 1.42 bits per heavy atom. The number of hydrogen-bond donors (Lipinski definition) is 0. The molecule has 1 aliphatic heterocycles. The zero-order valence-corrected chi connectivity index (χ0v) is 16.6. The van der Waals surface area contributed by atoms with Crippen LogP contribution in [-0.4, -0.2) is 49.1 Å². The summed E-state index contributed by atoms with van der Waals surface area (Å²) in [6.07, 6.45) is 1.20. The lowest BCUT2D eigenvalue weighted by molar-refractivity contribution is 0.134. The van der Waals surface area contributed by atoms with Crippen molar-refractivity contribution in [3.8, 4) is 11.5 Å². The van der Waals surface area contributed by atoms with Crippen LogP contribution in [0.1, 0.15) is 31.7 Å². The lowest BCUT2D eigenvalue weighted by Gasteiger charge is -2.34. The number of halogens is 1. The summed E-state index contributed by atoms with van der Waals surface area (Å²) in [6.45, 7) is 11.7. The Labute approximate surface area is 162 Å². The predicted molar refractivity (Wildman–Crippen MR) is 110 cm³/mol. The highest BCUT2D eigenvalue weighted by Gasteiger charge is 2.16. The van der Waals surface area contributed by atoms with Crippen molar-refractivity contribution in [3.05, 3.63) is 59.1 Å². The van der Waals surface area contributed by atoms with Gasteiger partial charge in [0, 0.05) is 31.2 Å². The molecule has 1 saturated heterocycles. The van der Waals surface area contributed by atoms with E-state index in [0.29, 0.717) is 5.92 Å². The summed E-state index contributed by atoms with van der Waals surface area (Å²) in [6, 6.07) is 15.9. The summed E-state index contributed by atoms with van der Waals surface area (Å²) in [5.74, 6) is 2.23. The number of rotatable bonds is 7. The molecule has 1 unspecified atom stereocenters. The van der Waals surface area contributed by atoms with Crippen LogP contribution < -0.4 is 4.74 Å². The average Bonchev–Trinajstić information content (AvgIpc) is 2.69. The van der Waals surface area contributed by atoms with Crippen molar-refractivity contribution in [2.45, 2.75) is 26.2 Å². The van der Waals surface area contributed by atoms with E-state index in [1.165, 1.54) is 51.3 Å². The molecule has 1 heterocycles. The van der Waals surface area contributed by atoms with Crippen molar-refractivity contribution in [2.24, 2.45) is 0 Å². The fourth-order valence-electron chi connectivity index (χ4n) is 3.38. The maximum absolute atomic E-state index is 5.91. The van der Waals surface area contributed by atoms with Gasteiger partial charge in [-0.25, -0.2) is 0 Å². The molecule has 0 radical (unpaired) electrons. The molecule has 26 heavy (non-hydrogen) atoms. The van der Waals surface area contributed by atoms with Crippen LogP contribution >= 0.6 is 11.6 Å². The molecular weight excluding hydrogens is 344 g/mol. The van der Waals surface area contributed by atoms with Gasteiger partial charge in [0.2, 0.25) is 0 Å². The summed E-state index contributed by atoms with van der Waals surface area (Å²) in [4.78, 5) is 5.13. The minimum absolute atomic E-state index is 0.559. The largest absolute Gasteiger partial charge is 0.457 e. The Morgan fingerprint density at radius 1 is 0.885 bits per heavy atom. The Bertz CT molecular complexity index is 664. The van der Waals surface area contributed by atoms with Gasteiger partial charge >= 0.3 is 0 Å². The zero-order chi connectivity index (χ0) is 18.4. The first kappa shape index (κ1) is 19.2. The van der Waals surface area contributed by atoms with Crippen molar-refractivity contribution in [1.29, 1.82) is 0 Å². The third-order valence-corrected chi connectivity index (χ3v) is 5.54. The number of likely N-dealkylation sites (N-methyl/N-ethyl adjacent to an activating group) is 1. The molecule has 1 aliphatic rings. The summed E-state index contributed by atoms with van der Waals surface area (Å²) in [5, 5.41) is 0.720. The predicted octanol–water partition coefficient (Wildman–Crippen LogP) is 5.26. The fourth-order valence-corrected chi connectivity index (χ4v) is 3.50. The highest BCUT2D eigenvalue weighted by atomic mass is 35.5. The van der Waals surface area contributed by atoms with Crippen molar-refractivity contribution >= 4 is 11.6 Å². The number of nitrogens with zero attached hydrogens (tertiary/aromatic N) is 2. The minimum atomic E-state index is 0.559. The molecule has 2 aromatic carbocycles. The summed E-state index contributed by atoms with van der Waals surface area (Å²) in [7, 11) is 0. The molecule has 0 aliphatic carbocycles. The smallest absolute Gasteiger partial charge is 0.127 e. The second-order valence-electron chi connectivity index (χ2n) is 7.09. The first-order valence-electron chi connectivity index (χ1n) is 9.62. The average molecular weight is 373 g/mol. The van der Waals surface area contributed by atoms with Gasteiger partial charge in [-0.15, -0.1) is 0 Å². The summed E-state index contributed by atoms with van der Waals surface area (Å²) < 4.78 is 5.87. The highest BCUT2D eigenvalue weighted by Crippen LogP contribution is 2.26. The van der Waals surface area contributed by atoms with E-state index in [9.17, 15) is 0 Å². The standard InChI is InChI=1S/C22H29ClN2O/c1-3-24-14-16-25(17-15-24)13-12-18(2)19-4-8-21(9-5-19)26-22-10-6-20(23)7-11-22/h4-11,18H,3,12-17H2,1-2H3. The Hall–Kier alpha value is -1.55. The van der Waals surface area contributed by atoms with Gasteiger partial charge in [0.1, 0.15) is 11.5 Å². The third-order valence-electron chi connectivity index (χ3n) is 5.29. The Morgan fingerprint density at radius 3 is 2.00 bits per heavy atom. The second-order valence-corrected chi connectivity index (χ2v) is 7.53. The quantitative estimate of drug-likeness (QED) is 0.659. The van der Waals surface area contributed by atoms with E-state index in [1.54, 1.807) is 0 Å². The molecule has 0 amide bonds. The summed E-state index contributed by atoms with van der Waals surface area (Å²) in [5.41, 5.74) is 1.38. The zero-order valence-electron chi connectivity index (χ0n) is 15.8. The molecule has 0 bridgehead atoms. The first-order chi connectivity index (χ1) is 12.6. The molecule has 4 heteroatoms. The number of ether oxygens (including phenoxy) is 1. The Kier molecular flexibility index (Phi) is 6.95. The van der Waals surface area contributed by atoms with Gasteiger partial charge in [-0.1, -0.05) is 37.6 Å². The molecular formula is C22H29ClN2O. The van der Waals surface area contributed by atoms with E-state index in [2.05, 4.69) is 47.9 Å². The van der Waals surface area contributed by atoms with E-state index in [0.717, 1.165) is 16.5 Å². The van der Waals surface area contributed by atoms with Crippen LogP contribution in [0.4, 0.5) is 0 Å². The van der Waals surface area contributed by atoms with Crippen LogP contribution in [0.5, 0.6) is 11.5 Å². The normalized spacial score (nSPS) is 17.2. The van der Waals surface area contributed by atoms with Gasteiger partial charge in [-0.05, 0) is 67.4 Å². The monoisotopic (exact) mass is 372 g/mol. The highest BCUT2D eigenvalue weighted by molar-refractivity contribution is 6.30. The van der Waals surface area contributed by atoms with Gasteiger partial charge in [0.15, 0.2) is 0 Å². The van der Waals surface area contributed by atoms with Crippen molar-refractivity contribution in [3.63, 3.8) is 0 Å². The molecule has 3 rings (SSSR count). The molecule has 140 valence electrons. The molecule has 0 N–H and O–H groups in total.